The highest BCUT2D eigenvalue weighted by Crippen LogP contribution is 2.31. The molecule has 0 aliphatic heterocycles. The lowest BCUT2D eigenvalue weighted by Crippen LogP contribution is -2.00. The minimum atomic E-state index is -0.303. The summed E-state index contributed by atoms with van der Waals surface area (Å²) in [5, 5.41) is 9.98. The predicted molar refractivity (Wildman–Crippen MR) is 60.1 cm³/mol. The summed E-state index contributed by atoms with van der Waals surface area (Å²) in [4.78, 5) is 0. The Morgan fingerprint density at radius 3 is 3.07 bits per heavy atom. The Bertz CT molecular complexity index is 333. The van der Waals surface area contributed by atoms with Gasteiger partial charge in [-0.05, 0) is 49.4 Å². The molecular formula is C13H18O2. The number of fused-ring (bicyclic) bond motifs is 1. The number of aryl methyl sites for hydroxylation is 1. The molecular weight excluding hydrogens is 188 g/mol. The SMILES string of the molecule is CCOc1ccc2c(c1)[C@@H](O)CCCC2. The fourth-order valence-electron chi connectivity index (χ4n) is 2.18. The molecule has 0 spiro atoms. The van der Waals surface area contributed by atoms with Crippen molar-refractivity contribution >= 4 is 0 Å². The molecule has 1 N–H and O–H groups in total. The largest absolute Gasteiger partial charge is 0.494 e. The normalized spacial score (nSPS) is 20.5. The van der Waals surface area contributed by atoms with Gasteiger partial charge < -0.3 is 9.84 Å². The quantitative estimate of drug-likeness (QED) is 0.754. The molecule has 1 aliphatic rings. The van der Waals surface area contributed by atoms with Crippen LogP contribution in [0.1, 0.15) is 43.4 Å². The van der Waals surface area contributed by atoms with Crippen LogP contribution in [-0.4, -0.2) is 11.7 Å². The summed E-state index contributed by atoms with van der Waals surface area (Å²) in [7, 11) is 0. The van der Waals surface area contributed by atoms with Crippen LogP contribution < -0.4 is 4.74 Å². The van der Waals surface area contributed by atoms with Gasteiger partial charge >= 0.3 is 0 Å². The molecule has 0 aromatic heterocycles. The van der Waals surface area contributed by atoms with Crippen molar-refractivity contribution in [1.82, 2.24) is 0 Å². The maximum absolute atomic E-state index is 9.98. The molecule has 0 amide bonds. The zero-order chi connectivity index (χ0) is 10.7. The van der Waals surface area contributed by atoms with Gasteiger partial charge in [-0.2, -0.15) is 0 Å². The Labute approximate surface area is 90.9 Å². The first-order chi connectivity index (χ1) is 7.31. The van der Waals surface area contributed by atoms with Gasteiger partial charge in [0.05, 0.1) is 12.7 Å². The highest BCUT2D eigenvalue weighted by atomic mass is 16.5. The fraction of sp³-hybridized carbons (Fsp3) is 0.538. The van der Waals surface area contributed by atoms with E-state index in [1.165, 1.54) is 12.0 Å². The van der Waals surface area contributed by atoms with Gasteiger partial charge in [0.25, 0.3) is 0 Å². The Morgan fingerprint density at radius 1 is 1.40 bits per heavy atom. The lowest BCUT2D eigenvalue weighted by molar-refractivity contribution is 0.166. The van der Waals surface area contributed by atoms with Gasteiger partial charge in [0.1, 0.15) is 5.75 Å². The second-order valence-corrected chi connectivity index (χ2v) is 4.06. The topological polar surface area (TPSA) is 29.5 Å². The van der Waals surface area contributed by atoms with Crippen molar-refractivity contribution in [2.24, 2.45) is 0 Å². The van der Waals surface area contributed by atoms with E-state index in [0.717, 1.165) is 30.6 Å². The number of rotatable bonds is 2. The molecule has 0 saturated carbocycles. The third-order valence-electron chi connectivity index (χ3n) is 2.96. The summed E-state index contributed by atoms with van der Waals surface area (Å²) < 4.78 is 5.45. The van der Waals surface area contributed by atoms with Crippen molar-refractivity contribution in [3.63, 3.8) is 0 Å². The molecule has 0 bridgehead atoms. The third kappa shape index (κ3) is 2.32. The van der Waals surface area contributed by atoms with Gasteiger partial charge in [0, 0.05) is 0 Å². The molecule has 15 heavy (non-hydrogen) atoms. The molecule has 0 radical (unpaired) electrons. The molecule has 1 aliphatic carbocycles. The highest BCUT2D eigenvalue weighted by Gasteiger charge is 2.16. The molecule has 1 aromatic carbocycles. The summed E-state index contributed by atoms with van der Waals surface area (Å²) in [5.41, 5.74) is 2.35. The van der Waals surface area contributed by atoms with E-state index in [0.29, 0.717) is 6.61 Å². The molecule has 82 valence electrons. The number of aliphatic hydroxyl groups is 1. The van der Waals surface area contributed by atoms with Crippen LogP contribution in [0.4, 0.5) is 0 Å². The fourth-order valence-corrected chi connectivity index (χ4v) is 2.18. The maximum atomic E-state index is 9.98. The van der Waals surface area contributed by atoms with Crippen molar-refractivity contribution in [2.45, 2.75) is 38.7 Å². The smallest absolute Gasteiger partial charge is 0.119 e. The molecule has 0 saturated heterocycles. The Balaban J connectivity index is 2.31. The van der Waals surface area contributed by atoms with E-state index >= 15 is 0 Å². The van der Waals surface area contributed by atoms with E-state index in [4.69, 9.17) is 4.74 Å². The van der Waals surface area contributed by atoms with E-state index in [1.807, 2.05) is 19.1 Å². The number of hydrogen-bond donors (Lipinski definition) is 1. The summed E-state index contributed by atoms with van der Waals surface area (Å²) in [5.74, 6) is 0.872. The van der Waals surface area contributed by atoms with E-state index in [9.17, 15) is 5.11 Å². The molecule has 2 nitrogen and oxygen atoms in total. The monoisotopic (exact) mass is 206 g/mol. The molecule has 0 heterocycles. The van der Waals surface area contributed by atoms with Gasteiger partial charge in [-0.15, -0.1) is 0 Å². The second-order valence-electron chi connectivity index (χ2n) is 4.06. The number of ether oxygens (including phenoxy) is 1. The Morgan fingerprint density at radius 2 is 2.27 bits per heavy atom. The summed E-state index contributed by atoms with van der Waals surface area (Å²) in [6.45, 7) is 2.65. The predicted octanol–water partition coefficient (Wildman–Crippen LogP) is 2.85. The maximum Gasteiger partial charge on any atom is 0.119 e. The second kappa shape index (κ2) is 4.67. The first kappa shape index (κ1) is 10.5. The molecule has 2 rings (SSSR count). The molecule has 1 aromatic rings. The van der Waals surface area contributed by atoms with Gasteiger partial charge in [-0.25, -0.2) is 0 Å². The van der Waals surface area contributed by atoms with Crippen LogP contribution in [0.15, 0.2) is 18.2 Å². The van der Waals surface area contributed by atoms with Gasteiger partial charge in [0.2, 0.25) is 0 Å². The lowest BCUT2D eigenvalue weighted by atomic mass is 10.0. The molecule has 2 heteroatoms. The van der Waals surface area contributed by atoms with E-state index in [1.54, 1.807) is 0 Å². The number of hydrogen-bond acceptors (Lipinski definition) is 2. The van der Waals surface area contributed by atoms with E-state index in [2.05, 4.69) is 6.07 Å². The van der Waals surface area contributed by atoms with Crippen molar-refractivity contribution in [3.8, 4) is 5.75 Å². The van der Waals surface area contributed by atoms with E-state index in [-0.39, 0.29) is 6.10 Å². The lowest BCUT2D eigenvalue weighted by Gasteiger charge is -2.13. The molecule has 1 atom stereocenters. The average molecular weight is 206 g/mol. The minimum Gasteiger partial charge on any atom is -0.494 e. The Kier molecular flexibility index (Phi) is 3.27. The van der Waals surface area contributed by atoms with Crippen LogP contribution in [0.2, 0.25) is 0 Å². The van der Waals surface area contributed by atoms with Crippen LogP contribution >= 0.6 is 0 Å². The van der Waals surface area contributed by atoms with Gasteiger partial charge in [-0.1, -0.05) is 12.5 Å². The third-order valence-corrected chi connectivity index (χ3v) is 2.96. The van der Waals surface area contributed by atoms with Crippen LogP contribution in [-0.2, 0) is 6.42 Å². The van der Waals surface area contributed by atoms with Crippen LogP contribution in [0.25, 0.3) is 0 Å². The zero-order valence-corrected chi connectivity index (χ0v) is 9.20. The Hall–Kier alpha value is -1.02. The first-order valence-electron chi connectivity index (χ1n) is 5.75. The van der Waals surface area contributed by atoms with Crippen molar-refractivity contribution in [3.05, 3.63) is 29.3 Å². The van der Waals surface area contributed by atoms with Crippen molar-refractivity contribution in [1.29, 1.82) is 0 Å². The van der Waals surface area contributed by atoms with E-state index < -0.39 is 0 Å². The summed E-state index contributed by atoms with van der Waals surface area (Å²) >= 11 is 0. The molecule has 0 unspecified atom stereocenters. The number of aliphatic hydroxyl groups excluding tert-OH is 1. The van der Waals surface area contributed by atoms with Crippen LogP contribution in [0.3, 0.4) is 0 Å². The van der Waals surface area contributed by atoms with Crippen molar-refractivity contribution < 1.29 is 9.84 Å². The highest BCUT2D eigenvalue weighted by molar-refractivity contribution is 5.37. The van der Waals surface area contributed by atoms with Crippen LogP contribution in [0.5, 0.6) is 5.75 Å². The van der Waals surface area contributed by atoms with Crippen LogP contribution in [0, 0.1) is 0 Å². The standard InChI is InChI=1S/C13H18O2/c1-2-15-11-8-7-10-5-3-4-6-13(14)12(10)9-11/h7-9,13-14H,2-6H2,1H3/t13-/m0/s1. The first-order valence-corrected chi connectivity index (χ1v) is 5.75. The zero-order valence-electron chi connectivity index (χ0n) is 9.20. The van der Waals surface area contributed by atoms with Crippen molar-refractivity contribution in [2.75, 3.05) is 6.61 Å². The minimum absolute atomic E-state index is 0.303. The molecule has 0 fully saturated rings. The van der Waals surface area contributed by atoms with Gasteiger partial charge in [-0.3, -0.25) is 0 Å². The summed E-state index contributed by atoms with van der Waals surface area (Å²) in [6.07, 6.45) is 3.95. The summed E-state index contributed by atoms with van der Waals surface area (Å²) in [6, 6.07) is 6.09. The number of benzene rings is 1. The van der Waals surface area contributed by atoms with Gasteiger partial charge in [0.15, 0.2) is 0 Å². The average Bonchev–Trinajstić information content (AvgIpc) is 2.42.